The number of nitrogen functional groups attached to an aromatic ring is 1. The Labute approximate surface area is 126 Å². The molecule has 7 heteroatoms. The molecule has 21 heavy (non-hydrogen) atoms. The molecule has 0 fully saturated rings. The van der Waals surface area contributed by atoms with E-state index in [1.165, 1.54) is 0 Å². The van der Waals surface area contributed by atoms with Gasteiger partial charge in [-0.05, 0) is 43.7 Å². The molecule has 3 N–H and O–H groups in total. The number of aromatic nitrogens is 1. The lowest BCUT2D eigenvalue weighted by molar-refractivity contribution is 0.0958. The summed E-state index contributed by atoms with van der Waals surface area (Å²) >= 11 is 1.14. The van der Waals surface area contributed by atoms with Crippen LogP contribution < -0.4 is 15.9 Å². The molecule has 0 saturated carbocycles. The van der Waals surface area contributed by atoms with E-state index in [2.05, 4.69) is 15.5 Å². The van der Waals surface area contributed by atoms with Crippen molar-refractivity contribution in [2.24, 2.45) is 5.10 Å². The molecular formula is C14H16N4O2S. The van der Waals surface area contributed by atoms with Crippen molar-refractivity contribution in [2.75, 3.05) is 12.3 Å². The fourth-order valence-corrected chi connectivity index (χ4v) is 2.38. The van der Waals surface area contributed by atoms with Crippen molar-refractivity contribution < 1.29 is 9.53 Å². The fourth-order valence-electron chi connectivity index (χ4n) is 1.66. The minimum absolute atomic E-state index is 0.316. The molecule has 0 aliphatic rings. The van der Waals surface area contributed by atoms with Crippen LogP contribution in [0.15, 0.2) is 29.4 Å². The number of hydrogen-bond donors (Lipinski definition) is 2. The van der Waals surface area contributed by atoms with Gasteiger partial charge in [0.1, 0.15) is 10.6 Å². The number of nitrogens with one attached hydrogen (secondary N) is 1. The van der Waals surface area contributed by atoms with Crippen LogP contribution in [0.25, 0.3) is 0 Å². The molecule has 1 amide bonds. The highest BCUT2D eigenvalue weighted by Crippen LogP contribution is 2.19. The lowest BCUT2D eigenvalue weighted by Gasteiger charge is -2.02. The molecule has 0 spiro atoms. The zero-order valence-corrected chi connectivity index (χ0v) is 12.6. The smallest absolute Gasteiger partial charge is 0.283 e. The number of benzene rings is 1. The van der Waals surface area contributed by atoms with Crippen LogP contribution in [0.3, 0.4) is 0 Å². The monoisotopic (exact) mass is 304 g/mol. The molecule has 110 valence electrons. The molecule has 6 nitrogen and oxygen atoms in total. The molecule has 0 aliphatic heterocycles. The zero-order chi connectivity index (χ0) is 15.2. The number of nitrogens with two attached hydrogens (primary N) is 1. The summed E-state index contributed by atoms with van der Waals surface area (Å²) in [6.45, 7) is 4.29. The number of amides is 1. The number of rotatable bonds is 5. The molecule has 0 aliphatic carbocycles. The zero-order valence-electron chi connectivity index (χ0n) is 11.8. The van der Waals surface area contributed by atoms with Gasteiger partial charge in [0, 0.05) is 0 Å². The molecule has 0 unspecified atom stereocenters. The lowest BCUT2D eigenvalue weighted by Crippen LogP contribution is -2.17. The van der Waals surface area contributed by atoms with Crippen molar-refractivity contribution in [3.05, 3.63) is 40.4 Å². The van der Waals surface area contributed by atoms with Gasteiger partial charge in [0.2, 0.25) is 0 Å². The summed E-state index contributed by atoms with van der Waals surface area (Å²) in [4.78, 5) is 16.3. The summed E-state index contributed by atoms with van der Waals surface area (Å²) < 4.78 is 5.35. The number of nitrogens with zero attached hydrogens (tertiary/aromatic N) is 2. The standard InChI is InChI=1S/C14H16N4O2S/c1-3-20-11-6-4-10(5-7-11)8-16-18-13(19)12-9(2)17-14(15)21-12/h4-8H,3H2,1-2H3,(H2,15,17)(H,18,19). The number of aryl methyl sites for hydroxylation is 1. The third-order valence-corrected chi connectivity index (χ3v) is 3.58. The highest BCUT2D eigenvalue weighted by molar-refractivity contribution is 7.17. The van der Waals surface area contributed by atoms with Crippen LogP contribution in [0.5, 0.6) is 5.75 Å². The second-order valence-electron chi connectivity index (χ2n) is 4.17. The molecule has 2 rings (SSSR count). The van der Waals surface area contributed by atoms with Crippen molar-refractivity contribution in [2.45, 2.75) is 13.8 Å². The Bertz CT molecular complexity index is 649. The van der Waals surface area contributed by atoms with Crippen LogP contribution in [0.4, 0.5) is 5.13 Å². The Balaban J connectivity index is 1.95. The molecule has 1 aromatic carbocycles. The van der Waals surface area contributed by atoms with E-state index in [-0.39, 0.29) is 5.91 Å². The number of anilines is 1. The maximum Gasteiger partial charge on any atom is 0.283 e. The summed E-state index contributed by atoms with van der Waals surface area (Å²) in [7, 11) is 0. The van der Waals surface area contributed by atoms with Gasteiger partial charge in [0.15, 0.2) is 5.13 Å². The first-order chi connectivity index (χ1) is 10.1. The third kappa shape index (κ3) is 4.03. The maximum absolute atomic E-state index is 11.9. The van der Waals surface area contributed by atoms with Gasteiger partial charge in [-0.3, -0.25) is 4.79 Å². The first kappa shape index (κ1) is 15.0. The van der Waals surface area contributed by atoms with Crippen molar-refractivity contribution in [3.8, 4) is 5.75 Å². The Morgan fingerprint density at radius 3 is 2.76 bits per heavy atom. The quantitative estimate of drug-likeness (QED) is 0.654. The summed E-state index contributed by atoms with van der Waals surface area (Å²) in [6.07, 6.45) is 1.56. The Kier molecular flexibility index (Phi) is 4.89. The first-order valence-corrected chi connectivity index (χ1v) is 7.21. The van der Waals surface area contributed by atoms with Gasteiger partial charge in [0.05, 0.1) is 18.5 Å². The predicted octanol–water partition coefficient (Wildman–Crippen LogP) is 2.20. The van der Waals surface area contributed by atoms with E-state index in [0.29, 0.717) is 22.3 Å². The van der Waals surface area contributed by atoms with Crippen LogP contribution in [-0.4, -0.2) is 23.7 Å². The number of thiazole rings is 1. The summed E-state index contributed by atoms with van der Waals surface area (Å²) in [5.74, 6) is 0.485. The van der Waals surface area contributed by atoms with E-state index in [4.69, 9.17) is 10.5 Å². The van der Waals surface area contributed by atoms with Crippen LogP contribution >= 0.6 is 11.3 Å². The summed E-state index contributed by atoms with van der Waals surface area (Å²) in [5, 5.41) is 4.29. The lowest BCUT2D eigenvalue weighted by atomic mass is 10.2. The molecule has 1 heterocycles. The van der Waals surface area contributed by atoms with E-state index in [1.807, 2.05) is 31.2 Å². The number of carbonyl (C=O) groups is 1. The molecule has 0 saturated heterocycles. The first-order valence-electron chi connectivity index (χ1n) is 6.39. The minimum Gasteiger partial charge on any atom is -0.494 e. The van der Waals surface area contributed by atoms with Crippen molar-refractivity contribution >= 4 is 28.6 Å². The van der Waals surface area contributed by atoms with Crippen molar-refractivity contribution in [1.82, 2.24) is 10.4 Å². The van der Waals surface area contributed by atoms with E-state index in [9.17, 15) is 4.79 Å². The average Bonchev–Trinajstić information content (AvgIpc) is 2.80. The SMILES string of the molecule is CCOc1ccc(C=NNC(=O)c2sc(N)nc2C)cc1. The number of ether oxygens (including phenoxy) is 1. The largest absolute Gasteiger partial charge is 0.494 e. The summed E-state index contributed by atoms with van der Waals surface area (Å²) in [6, 6.07) is 7.41. The second kappa shape index (κ2) is 6.85. The van der Waals surface area contributed by atoms with Gasteiger partial charge in [0.25, 0.3) is 5.91 Å². The van der Waals surface area contributed by atoms with Gasteiger partial charge in [-0.15, -0.1) is 0 Å². The maximum atomic E-state index is 11.9. The molecule has 0 bridgehead atoms. The molecule has 0 radical (unpaired) electrons. The van der Waals surface area contributed by atoms with Crippen LogP contribution in [-0.2, 0) is 0 Å². The minimum atomic E-state index is -0.316. The van der Waals surface area contributed by atoms with E-state index in [0.717, 1.165) is 22.6 Å². The molecule has 0 atom stereocenters. The van der Waals surface area contributed by atoms with Crippen LogP contribution in [0.2, 0.25) is 0 Å². The Hall–Kier alpha value is -2.41. The number of carbonyl (C=O) groups excluding carboxylic acids is 1. The van der Waals surface area contributed by atoms with Crippen molar-refractivity contribution in [1.29, 1.82) is 0 Å². The van der Waals surface area contributed by atoms with Gasteiger partial charge in [-0.2, -0.15) is 5.10 Å². The predicted molar refractivity (Wildman–Crippen MR) is 83.9 cm³/mol. The molecule has 1 aromatic heterocycles. The van der Waals surface area contributed by atoms with Crippen LogP contribution in [0.1, 0.15) is 27.9 Å². The topological polar surface area (TPSA) is 89.6 Å². The normalized spacial score (nSPS) is 10.8. The number of hydrazone groups is 1. The van der Waals surface area contributed by atoms with E-state index in [1.54, 1.807) is 13.1 Å². The Morgan fingerprint density at radius 2 is 2.19 bits per heavy atom. The second-order valence-corrected chi connectivity index (χ2v) is 5.20. The Morgan fingerprint density at radius 1 is 1.48 bits per heavy atom. The van der Waals surface area contributed by atoms with Gasteiger partial charge < -0.3 is 10.5 Å². The number of hydrogen-bond acceptors (Lipinski definition) is 6. The molecule has 2 aromatic rings. The average molecular weight is 304 g/mol. The summed E-state index contributed by atoms with van der Waals surface area (Å²) in [5.41, 5.74) is 9.47. The van der Waals surface area contributed by atoms with E-state index >= 15 is 0 Å². The fraction of sp³-hybridized carbons (Fsp3) is 0.214. The van der Waals surface area contributed by atoms with Crippen LogP contribution in [0, 0.1) is 6.92 Å². The van der Waals surface area contributed by atoms with Gasteiger partial charge in [-0.1, -0.05) is 11.3 Å². The molecular weight excluding hydrogens is 288 g/mol. The van der Waals surface area contributed by atoms with Crippen molar-refractivity contribution in [3.63, 3.8) is 0 Å². The highest BCUT2D eigenvalue weighted by Gasteiger charge is 2.13. The third-order valence-electron chi connectivity index (χ3n) is 2.59. The van der Waals surface area contributed by atoms with E-state index < -0.39 is 0 Å². The highest BCUT2D eigenvalue weighted by atomic mass is 32.1. The van der Waals surface area contributed by atoms with Gasteiger partial charge >= 0.3 is 0 Å². The van der Waals surface area contributed by atoms with Gasteiger partial charge in [-0.25, -0.2) is 10.4 Å².